The van der Waals surface area contributed by atoms with Crippen LogP contribution in [0.2, 0.25) is 0 Å². The van der Waals surface area contributed by atoms with Crippen LogP contribution in [-0.4, -0.2) is 41.9 Å². The number of hydrogen-bond donors (Lipinski definition) is 1. The van der Waals surface area contributed by atoms with Crippen molar-refractivity contribution >= 4 is 22.5 Å². The average molecular weight is 429 g/mol. The maximum absolute atomic E-state index is 13.0. The molecule has 0 saturated carbocycles. The largest absolute Gasteiger partial charge is 0.335 e. The van der Waals surface area contributed by atoms with Gasteiger partial charge in [0.25, 0.3) is 5.56 Å². The van der Waals surface area contributed by atoms with E-state index < -0.39 is 0 Å². The molecule has 0 bridgehead atoms. The minimum absolute atomic E-state index is 0.0413. The molecule has 0 aliphatic rings. The van der Waals surface area contributed by atoms with E-state index in [9.17, 15) is 14.9 Å². The lowest BCUT2D eigenvalue weighted by Gasteiger charge is -2.21. The standard InChI is InChI=1S/C23H23N7O2/c1-4-29(13-20-27-19-8-6-5-7-18(19)23(32)28-20)21(31)10-9-17-14(2)26-22-16(11-24)12-25-30(22)15(17)3/h5-8,12H,4,9-10,13H2,1-3H3,(H,27,28,32). The second-order valence-electron chi connectivity index (χ2n) is 7.60. The number of benzene rings is 1. The molecule has 1 N–H and O–H groups in total. The zero-order valence-corrected chi connectivity index (χ0v) is 18.2. The van der Waals surface area contributed by atoms with Crippen LogP contribution in [0.1, 0.15) is 41.7 Å². The van der Waals surface area contributed by atoms with Gasteiger partial charge >= 0.3 is 0 Å². The van der Waals surface area contributed by atoms with Crippen LogP contribution in [0, 0.1) is 25.2 Å². The zero-order valence-electron chi connectivity index (χ0n) is 18.2. The number of hydrogen-bond acceptors (Lipinski definition) is 6. The average Bonchev–Trinajstić information content (AvgIpc) is 3.20. The van der Waals surface area contributed by atoms with Gasteiger partial charge in [0.05, 0.1) is 23.6 Å². The van der Waals surface area contributed by atoms with E-state index in [0.29, 0.717) is 40.9 Å². The molecule has 0 spiro atoms. The number of aromatic amines is 1. The van der Waals surface area contributed by atoms with Gasteiger partial charge in [0.1, 0.15) is 17.5 Å². The van der Waals surface area contributed by atoms with Gasteiger partial charge in [0.15, 0.2) is 5.65 Å². The van der Waals surface area contributed by atoms with Crippen molar-refractivity contribution in [3.05, 3.63) is 69.2 Å². The molecule has 4 aromatic rings. The molecule has 3 heterocycles. The number of rotatable bonds is 6. The number of nitriles is 1. The van der Waals surface area contributed by atoms with Gasteiger partial charge in [-0.25, -0.2) is 14.5 Å². The topological polar surface area (TPSA) is 120 Å². The number of para-hydroxylation sites is 1. The lowest BCUT2D eigenvalue weighted by Crippen LogP contribution is -2.32. The Morgan fingerprint density at radius 2 is 2.03 bits per heavy atom. The van der Waals surface area contributed by atoms with Crippen LogP contribution in [0.3, 0.4) is 0 Å². The third-order valence-electron chi connectivity index (χ3n) is 5.65. The summed E-state index contributed by atoms with van der Waals surface area (Å²) in [6, 6.07) is 9.23. The quantitative estimate of drug-likeness (QED) is 0.503. The second-order valence-corrected chi connectivity index (χ2v) is 7.60. The molecule has 0 aliphatic carbocycles. The van der Waals surface area contributed by atoms with E-state index in [2.05, 4.69) is 26.1 Å². The van der Waals surface area contributed by atoms with Crippen LogP contribution in [0.5, 0.6) is 0 Å². The van der Waals surface area contributed by atoms with Gasteiger partial charge in [-0.1, -0.05) is 12.1 Å². The van der Waals surface area contributed by atoms with Crippen LogP contribution >= 0.6 is 0 Å². The molecular weight excluding hydrogens is 406 g/mol. The van der Waals surface area contributed by atoms with E-state index in [-0.39, 0.29) is 24.4 Å². The number of nitrogens with one attached hydrogen (secondary N) is 1. The second kappa shape index (κ2) is 8.59. The van der Waals surface area contributed by atoms with Gasteiger partial charge in [-0.3, -0.25) is 9.59 Å². The van der Waals surface area contributed by atoms with Crippen LogP contribution in [-0.2, 0) is 17.8 Å². The highest BCUT2D eigenvalue weighted by Gasteiger charge is 2.18. The highest BCUT2D eigenvalue weighted by Crippen LogP contribution is 2.19. The Morgan fingerprint density at radius 1 is 1.25 bits per heavy atom. The predicted molar refractivity (Wildman–Crippen MR) is 119 cm³/mol. The van der Waals surface area contributed by atoms with Gasteiger partial charge in [0.2, 0.25) is 5.91 Å². The molecule has 0 fully saturated rings. The molecule has 0 radical (unpaired) electrons. The Kier molecular flexibility index (Phi) is 5.69. The molecular formula is C23H23N7O2. The maximum Gasteiger partial charge on any atom is 0.258 e. The molecule has 1 aromatic carbocycles. The summed E-state index contributed by atoms with van der Waals surface area (Å²) in [4.78, 5) is 38.8. The van der Waals surface area contributed by atoms with Crippen molar-refractivity contribution in [2.24, 2.45) is 0 Å². The lowest BCUT2D eigenvalue weighted by molar-refractivity contribution is -0.131. The van der Waals surface area contributed by atoms with Gasteiger partial charge < -0.3 is 9.88 Å². The fourth-order valence-electron chi connectivity index (χ4n) is 3.91. The molecule has 4 rings (SSSR count). The number of aromatic nitrogens is 5. The minimum atomic E-state index is -0.212. The lowest BCUT2D eigenvalue weighted by atomic mass is 10.1. The van der Waals surface area contributed by atoms with E-state index in [0.717, 1.165) is 17.0 Å². The van der Waals surface area contributed by atoms with Gasteiger partial charge in [-0.2, -0.15) is 10.4 Å². The highest BCUT2D eigenvalue weighted by atomic mass is 16.2. The summed E-state index contributed by atoms with van der Waals surface area (Å²) in [6.45, 7) is 6.41. The SMILES string of the molecule is CCN(Cc1nc2ccccc2c(=O)[nH]1)C(=O)CCc1c(C)nc2c(C#N)cnn2c1C. The number of carbonyl (C=O) groups excluding carboxylic acids is 1. The van der Waals surface area contributed by atoms with Gasteiger partial charge in [-0.05, 0) is 44.9 Å². The maximum atomic E-state index is 13.0. The molecule has 9 heteroatoms. The smallest absolute Gasteiger partial charge is 0.258 e. The first-order valence-corrected chi connectivity index (χ1v) is 10.4. The fraction of sp³-hybridized carbons (Fsp3) is 0.304. The van der Waals surface area contributed by atoms with Crippen LogP contribution in [0.4, 0.5) is 0 Å². The van der Waals surface area contributed by atoms with E-state index in [4.69, 9.17) is 0 Å². The zero-order chi connectivity index (χ0) is 22.8. The number of carbonyl (C=O) groups is 1. The Balaban J connectivity index is 1.52. The Hall–Kier alpha value is -4.06. The van der Waals surface area contributed by atoms with E-state index >= 15 is 0 Å². The van der Waals surface area contributed by atoms with Crippen LogP contribution in [0.15, 0.2) is 35.3 Å². The number of H-pyrrole nitrogens is 1. The fourth-order valence-corrected chi connectivity index (χ4v) is 3.91. The normalized spacial score (nSPS) is 11.1. The Bertz CT molecular complexity index is 1430. The van der Waals surface area contributed by atoms with Crippen molar-refractivity contribution in [2.45, 2.75) is 40.2 Å². The van der Waals surface area contributed by atoms with Crippen molar-refractivity contribution in [1.29, 1.82) is 5.26 Å². The number of fused-ring (bicyclic) bond motifs is 2. The summed E-state index contributed by atoms with van der Waals surface area (Å²) < 4.78 is 1.65. The van der Waals surface area contributed by atoms with Crippen LogP contribution in [0.25, 0.3) is 16.6 Å². The van der Waals surface area contributed by atoms with Gasteiger partial charge in [-0.15, -0.1) is 0 Å². The number of nitrogens with zero attached hydrogens (tertiary/aromatic N) is 6. The third-order valence-corrected chi connectivity index (χ3v) is 5.65. The van der Waals surface area contributed by atoms with E-state index in [1.165, 1.54) is 6.20 Å². The molecule has 0 saturated heterocycles. The summed E-state index contributed by atoms with van der Waals surface area (Å²) in [5.74, 6) is 0.417. The van der Waals surface area contributed by atoms with Crippen molar-refractivity contribution in [1.82, 2.24) is 29.5 Å². The van der Waals surface area contributed by atoms with E-state index in [1.807, 2.05) is 26.8 Å². The third kappa shape index (κ3) is 3.83. The summed E-state index contributed by atoms with van der Waals surface area (Å²) >= 11 is 0. The molecule has 1 amide bonds. The summed E-state index contributed by atoms with van der Waals surface area (Å²) in [5.41, 5.74) is 3.93. The van der Waals surface area contributed by atoms with Crippen LogP contribution < -0.4 is 5.56 Å². The van der Waals surface area contributed by atoms with Crippen molar-refractivity contribution in [2.75, 3.05) is 6.54 Å². The van der Waals surface area contributed by atoms with Crippen molar-refractivity contribution in [3.63, 3.8) is 0 Å². The summed E-state index contributed by atoms with van der Waals surface area (Å²) in [6.07, 6.45) is 2.28. The summed E-state index contributed by atoms with van der Waals surface area (Å²) in [5, 5.41) is 14.0. The first-order valence-electron chi connectivity index (χ1n) is 10.4. The monoisotopic (exact) mass is 429 g/mol. The Morgan fingerprint density at radius 3 is 2.78 bits per heavy atom. The molecule has 3 aromatic heterocycles. The first kappa shape index (κ1) is 21.2. The number of aryl methyl sites for hydroxylation is 2. The minimum Gasteiger partial charge on any atom is -0.335 e. The molecule has 0 atom stereocenters. The molecule has 162 valence electrons. The van der Waals surface area contributed by atoms with E-state index in [1.54, 1.807) is 27.6 Å². The van der Waals surface area contributed by atoms with Crippen molar-refractivity contribution in [3.8, 4) is 6.07 Å². The van der Waals surface area contributed by atoms with Crippen molar-refractivity contribution < 1.29 is 4.79 Å². The number of amides is 1. The molecule has 32 heavy (non-hydrogen) atoms. The summed E-state index contributed by atoms with van der Waals surface area (Å²) in [7, 11) is 0. The predicted octanol–water partition coefficient (Wildman–Crippen LogP) is 2.44. The highest BCUT2D eigenvalue weighted by molar-refractivity contribution is 5.78. The molecule has 9 nitrogen and oxygen atoms in total. The molecule has 0 unspecified atom stereocenters. The molecule has 0 aliphatic heterocycles. The Labute approximate surface area is 184 Å². The van der Waals surface area contributed by atoms with Gasteiger partial charge in [0, 0.05) is 24.4 Å². The first-order chi connectivity index (χ1) is 15.4.